The monoisotopic (exact) mass is 436 g/mol. The first-order chi connectivity index (χ1) is 15.2. The molecule has 0 atom stereocenters. The lowest BCUT2D eigenvalue weighted by atomic mass is 9.75. The highest BCUT2D eigenvalue weighted by molar-refractivity contribution is 5.95. The van der Waals surface area contributed by atoms with E-state index >= 15 is 0 Å². The first kappa shape index (κ1) is 23.6. The summed E-state index contributed by atoms with van der Waals surface area (Å²) in [6.45, 7) is 21.0. The van der Waals surface area contributed by atoms with Crippen molar-refractivity contribution < 1.29 is 0 Å². The second kappa shape index (κ2) is 8.01. The Labute approximate surface area is 201 Å². The Hall–Kier alpha value is -2.60. The predicted octanol–water partition coefficient (Wildman–Crippen LogP) is 9.34. The van der Waals surface area contributed by atoms with Crippen molar-refractivity contribution in [1.29, 1.82) is 0 Å². The van der Waals surface area contributed by atoms with Crippen molar-refractivity contribution in [3.05, 3.63) is 94.0 Å². The van der Waals surface area contributed by atoms with E-state index in [1.165, 1.54) is 50.1 Å². The third-order valence-electron chi connectivity index (χ3n) is 6.94. The van der Waals surface area contributed by atoms with E-state index in [2.05, 4.69) is 129 Å². The Bertz CT molecular complexity index is 1170. The molecule has 0 saturated heterocycles. The first-order valence-electron chi connectivity index (χ1n) is 12.3. The van der Waals surface area contributed by atoms with E-state index in [-0.39, 0.29) is 16.2 Å². The standard InChI is InChI=1S/C33H40/c1-31(2,3)26-18-25(19-27(21-26)32(4,5)6)30-28-20-24(22-13-11-10-12-14-22)17-23(28)15-16-29(30)33(7,8)9/h10-16,18-21H,17H2,1-9H3. The summed E-state index contributed by atoms with van der Waals surface area (Å²) < 4.78 is 0. The zero-order valence-corrected chi connectivity index (χ0v) is 22.1. The van der Waals surface area contributed by atoms with Gasteiger partial charge in [0.15, 0.2) is 0 Å². The fourth-order valence-corrected chi connectivity index (χ4v) is 4.82. The summed E-state index contributed by atoms with van der Waals surface area (Å²) in [7, 11) is 0. The lowest BCUT2D eigenvalue weighted by molar-refractivity contribution is 0.568. The van der Waals surface area contributed by atoms with Crippen LogP contribution in [0.1, 0.15) is 95.7 Å². The second-order valence-electron chi connectivity index (χ2n) is 12.8. The van der Waals surface area contributed by atoms with Crippen molar-refractivity contribution in [2.75, 3.05) is 0 Å². The Morgan fingerprint density at radius 3 is 1.67 bits per heavy atom. The van der Waals surface area contributed by atoms with E-state index in [1.54, 1.807) is 0 Å². The molecule has 0 aliphatic heterocycles. The molecule has 0 saturated carbocycles. The molecule has 0 bridgehead atoms. The Morgan fingerprint density at radius 1 is 0.576 bits per heavy atom. The third-order valence-corrected chi connectivity index (χ3v) is 6.94. The number of hydrogen-bond donors (Lipinski definition) is 0. The third kappa shape index (κ3) is 4.72. The highest BCUT2D eigenvalue weighted by atomic mass is 14.3. The van der Waals surface area contributed by atoms with Crippen molar-refractivity contribution in [2.24, 2.45) is 0 Å². The van der Waals surface area contributed by atoms with E-state index in [4.69, 9.17) is 0 Å². The van der Waals surface area contributed by atoms with Gasteiger partial charge >= 0.3 is 0 Å². The molecule has 0 heterocycles. The summed E-state index contributed by atoms with van der Waals surface area (Å²) in [5.74, 6) is 0. The summed E-state index contributed by atoms with van der Waals surface area (Å²) in [6, 6.07) is 22.9. The molecule has 1 aliphatic carbocycles. The number of benzene rings is 3. The van der Waals surface area contributed by atoms with Gasteiger partial charge in [0.05, 0.1) is 0 Å². The molecule has 0 spiro atoms. The van der Waals surface area contributed by atoms with E-state index in [1.807, 2.05) is 0 Å². The molecule has 0 radical (unpaired) electrons. The minimum absolute atomic E-state index is 0.0628. The SMILES string of the molecule is CC(C)(C)c1cc(-c2c(C(C)(C)C)ccc3c2C=C(c2ccccc2)C3)cc(C(C)(C)C)c1. The average molecular weight is 437 g/mol. The summed E-state index contributed by atoms with van der Waals surface area (Å²) in [5, 5.41) is 0. The molecule has 4 rings (SSSR count). The Balaban J connectivity index is 2.02. The van der Waals surface area contributed by atoms with Crippen LogP contribution in [0.15, 0.2) is 60.7 Å². The van der Waals surface area contributed by atoms with E-state index in [0.717, 1.165) is 6.42 Å². The number of fused-ring (bicyclic) bond motifs is 1. The predicted molar refractivity (Wildman–Crippen MR) is 146 cm³/mol. The van der Waals surface area contributed by atoms with Gasteiger partial charge in [-0.2, -0.15) is 0 Å². The van der Waals surface area contributed by atoms with Gasteiger partial charge in [-0.1, -0.05) is 123 Å². The highest BCUT2D eigenvalue weighted by Crippen LogP contribution is 2.44. The van der Waals surface area contributed by atoms with Gasteiger partial charge in [0, 0.05) is 0 Å². The van der Waals surface area contributed by atoms with E-state index in [9.17, 15) is 0 Å². The van der Waals surface area contributed by atoms with Gasteiger partial charge in [-0.3, -0.25) is 0 Å². The van der Waals surface area contributed by atoms with Gasteiger partial charge in [0.1, 0.15) is 0 Å². The fraction of sp³-hybridized carbons (Fsp3) is 0.394. The summed E-state index contributed by atoms with van der Waals surface area (Å²) in [4.78, 5) is 0. The highest BCUT2D eigenvalue weighted by Gasteiger charge is 2.28. The molecule has 0 nitrogen and oxygen atoms in total. The zero-order chi connectivity index (χ0) is 24.2. The van der Waals surface area contributed by atoms with Crippen LogP contribution in [0.25, 0.3) is 22.8 Å². The van der Waals surface area contributed by atoms with Gasteiger partial charge in [-0.05, 0) is 78.8 Å². The van der Waals surface area contributed by atoms with Crippen LogP contribution < -0.4 is 0 Å². The van der Waals surface area contributed by atoms with Crippen molar-refractivity contribution >= 4 is 11.6 Å². The van der Waals surface area contributed by atoms with Gasteiger partial charge in [-0.15, -0.1) is 0 Å². The van der Waals surface area contributed by atoms with Crippen molar-refractivity contribution in [2.45, 2.75) is 85.0 Å². The maximum Gasteiger partial charge on any atom is -0.00134 e. The van der Waals surface area contributed by atoms with Gasteiger partial charge in [-0.25, -0.2) is 0 Å². The lowest BCUT2D eigenvalue weighted by Crippen LogP contribution is -2.18. The van der Waals surface area contributed by atoms with Crippen LogP contribution in [0.2, 0.25) is 0 Å². The van der Waals surface area contributed by atoms with Crippen molar-refractivity contribution in [1.82, 2.24) is 0 Å². The van der Waals surface area contributed by atoms with E-state index in [0.29, 0.717) is 0 Å². The molecule has 1 aliphatic rings. The molecule has 0 unspecified atom stereocenters. The molecule has 3 aromatic carbocycles. The van der Waals surface area contributed by atoms with Crippen molar-refractivity contribution in [3.8, 4) is 11.1 Å². The molecule has 0 fully saturated rings. The summed E-state index contributed by atoms with van der Waals surface area (Å²) >= 11 is 0. The quantitative estimate of drug-likeness (QED) is 0.375. The maximum absolute atomic E-state index is 2.45. The number of rotatable bonds is 2. The number of hydrogen-bond acceptors (Lipinski definition) is 0. The molecule has 0 heteroatoms. The van der Waals surface area contributed by atoms with Crippen LogP contribution in [0, 0.1) is 0 Å². The van der Waals surface area contributed by atoms with Crippen molar-refractivity contribution in [3.63, 3.8) is 0 Å². The fourth-order valence-electron chi connectivity index (χ4n) is 4.82. The Kier molecular flexibility index (Phi) is 5.72. The minimum Gasteiger partial charge on any atom is -0.0622 e. The van der Waals surface area contributed by atoms with Gasteiger partial charge in [0.2, 0.25) is 0 Å². The van der Waals surface area contributed by atoms with Crippen LogP contribution in [0.5, 0.6) is 0 Å². The second-order valence-corrected chi connectivity index (χ2v) is 12.8. The van der Waals surface area contributed by atoms with Crippen LogP contribution in [0.4, 0.5) is 0 Å². The number of allylic oxidation sites excluding steroid dienone is 1. The van der Waals surface area contributed by atoms with Crippen LogP contribution >= 0.6 is 0 Å². The maximum atomic E-state index is 2.45. The molecular formula is C33H40. The van der Waals surface area contributed by atoms with Gasteiger partial charge in [0.25, 0.3) is 0 Å². The molecule has 0 aromatic heterocycles. The normalized spacial score (nSPS) is 14.3. The van der Waals surface area contributed by atoms with E-state index < -0.39 is 0 Å². The lowest BCUT2D eigenvalue weighted by Gasteiger charge is -2.29. The molecule has 3 aromatic rings. The smallest absolute Gasteiger partial charge is 0.00134 e. The molecule has 33 heavy (non-hydrogen) atoms. The largest absolute Gasteiger partial charge is 0.0622 e. The molecular weight excluding hydrogens is 396 g/mol. The average Bonchev–Trinajstić information content (AvgIpc) is 3.16. The molecule has 0 amide bonds. The molecule has 0 N–H and O–H groups in total. The van der Waals surface area contributed by atoms with Crippen LogP contribution in [0.3, 0.4) is 0 Å². The van der Waals surface area contributed by atoms with Crippen LogP contribution in [-0.2, 0) is 22.7 Å². The topological polar surface area (TPSA) is 0 Å². The first-order valence-corrected chi connectivity index (χ1v) is 12.3. The minimum atomic E-state index is 0.0628. The van der Waals surface area contributed by atoms with Crippen LogP contribution in [-0.4, -0.2) is 0 Å². The van der Waals surface area contributed by atoms with Gasteiger partial charge < -0.3 is 0 Å². The molecule has 172 valence electrons. The summed E-state index contributed by atoms with van der Waals surface area (Å²) in [6.07, 6.45) is 3.46. The summed E-state index contributed by atoms with van der Waals surface area (Å²) in [5.41, 5.74) is 12.9. The zero-order valence-electron chi connectivity index (χ0n) is 22.1. The Morgan fingerprint density at radius 2 is 1.15 bits per heavy atom.